The van der Waals surface area contributed by atoms with Crippen LogP contribution in [0.2, 0.25) is 0 Å². The molecule has 3 rings (SSSR count). The van der Waals surface area contributed by atoms with Gasteiger partial charge < -0.3 is 4.90 Å². The quantitative estimate of drug-likeness (QED) is 0.563. The van der Waals surface area contributed by atoms with Crippen LogP contribution in [0, 0.1) is 6.07 Å². The number of rotatable bonds is 1. The maximum atomic E-state index is 3.35. The van der Waals surface area contributed by atoms with Crippen LogP contribution in [0.3, 0.4) is 0 Å². The van der Waals surface area contributed by atoms with E-state index in [-0.39, 0.29) is 0 Å². The van der Waals surface area contributed by atoms with Gasteiger partial charge in [-0.25, -0.2) is 0 Å². The molecule has 1 heteroatoms. The summed E-state index contributed by atoms with van der Waals surface area (Å²) in [5.41, 5.74) is 1.25. The zero-order valence-corrected chi connectivity index (χ0v) is 10.1. The third-order valence-corrected chi connectivity index (χ3v) is 3.10. The predicted molar refractivity (Wildman–Crippen MR) is 74.6 cm³/mol. The first-order valence-corrected chi connectivity index (χ1v) is 5.77. The Kier molecular flexibility index (Phi) is 2.25. The molecule has 0 heterocycles. The zero-order valence-electron chi connectivity index (χ0n) is 10.1. The highest BCUT2D eigenvalue weighted by Gasteiger charge is 2.08. The van der Waals surface area contributed by atoms with E-state index in [2.05, 4.69) is 61.5 Å². The summed E-state index contributed by atoms with van der Waals surface area (Å²) in [7, 11) is 4.17. The van der Waals surface area contributed by atoms with Crippen LogP contribution in [0.4, 0.5) is 5.69 Å². The first kappa shape index (κ1) is 10.2. The third kappa shape index (κ3) is 1.55. The molecular formula is C16H14N. The minimum atomic E-state index is 1.19. The highest BCUT2D eigenvalue weighted by atomic mass is 15.1. The van der Waals surface area contributed by atoms with E-state index in [1.807, 2.05) is 12.1 Å². The largest absolute Gasteiger partial charge is 0.377 e. The molecular weight excluding hydrogens is 206 g/mol. The third-order valence-electron chi connectivity index (χ3n) is 3.10. The number of benzene rings is 3. The van der Waals surface area contributed by atoms with E-state index in [9.17, 15) is 0 Å². The van der Waals surface area contributed by atoms with Crippen molar-refractivity contribution in [1.82, 2.24) is 0 Å². The molecule has 0 N–H and O–H groups in total. The van der Waals surface area contributed by atoms with Crippen molar-refractivity contribution >= 4 is 27.2 Å². The van der Waals surface area contributed by atoms with Crippen LogP contribution in [0.1, 0.15) is 0 Å². The van der Waals surface area contributed by atoms with E-state index in [1.165, 1.54) is 27.2 Å². The molecule has 0 aliphatic carbocycles. The molecule has 0 aliphatic rings. The van der Waals surface area contributed by atoms with E-state index in [1.54, 1.807) is 0 Å². The van der Waals surface area contributed by atoms with E-state index >= 15 is 0 Å². The van der Waals surface area contributed by atoms with E-state index in [4.69, 9.17) is 0 Å². The summed E-state index contributed by atoms with van der Waals surface area (Å²) in [5, 5.41) is 5.00. The van der Waals surface area contributed by atoms with Gasteiger partial charge in [0.25, 0.3) is 0 Å². The van der Waals surface area contributed by atoms with Gasteiger partial charge in [0.1, 0.15) is 0 Å². The number of anilines is 1. The van der Waals surface area contributed by atoms with Crippen LogP contribution in [-0.4, -0.2) is 14.1 Å². The zero-order chi connectivity index (χ0) is 11.8. The fourth-order valence-corrected chi connectivity index (χ4v) is 2.38. The molecule has 0 unspecified atom stereocenters. The molecule has 0 amide bonds. The highest BCUT2D eigenvalue weighted by Crippen LogP contribution is 2.33. The second-order valence-electron chi connectivity index (χ2n) is 4.48. The maximum Gasteiger partial charge on any atom is 0.0526 e. The maximum absolute atomic E-state index is 3.35. The summed E-state index contributed by atoms with van der Waals surface area (Å²) in [6, 6.07) is 20.2. The standard InChI is InChI=1S/C16H14N/c1-17(2)16-14-9-5-3-7-12(14)11-13-8-4-6-10-15(13)16/h3-9,11H,1-2H3. The minimum absolute atomic E-state index is 1.19. The average Bonchev–Trinajstić information content (AvgIpc) is 2.35. The molecule has 83 valence electrons. The summed E-state index contributed by atoms with van der Waals surface area (Å²) < 4.78 is 0. The lowest BCUT2D eigenvalue weighted by Crippen LogP contribution is -2.09. The Morgan fingerprint density at radius 2 is 1.71 bits per heavy atom. The number of hydrogen-bond donors (Lipinski definition) is 0. The summed E-state index contributed by atoms with van der Waals surface area (Å²) in [4.78, 5) is 2.17. The van der Waals surface area contributed by atoms with Gasteiger partial charge in [0, 0.05) is 24.9 Å². The second-order valence-corrected chi connectivity index (χ2v) is 4.48. The minimum Gasteiger partial charge on any atom is -0.377 e. The fraction of sp³-hybridized carbons (Fsp3) is 0.125. The van der Waals surface area contributed by atoms with Gasteiger partial charge in [0.2, 0.25) is 0 Å². The molecule has 3 aromatic rings. The predicted octanol–water partition coefficient (Wildman–Crippen LogP) is 3.86. The van der Waals surface area contributed by atoms with Crippen LogP contribution in [0.15, 0.2) is 48.5 Å². The topological polar surface area (TPSA) is 3.24 Å². The van der Waals surface area contributed by atoms with Crippen molar-refractivity contribution in [2.24, 2.45) is 0 Å². The second kappa shape index (κ2) is 3.77. The molecule has 0 fully saturated rings. The molecule has 0 saturated carbocycles. The van der Waals surface area contributed by atoms with Crippen molar-refractivity contribution in [2.75, 3.05) is 19.0 Å². The van der Waals surface area contributed by atoms with Gasteiger partial charge in [-0.1, -0.05) is 42.5 Å². The fourth-order valence-electron chi connectivity index (χ4n) is 2.38. The van der Waals surface area contributed by atoms with Gasteiger partial charge in [-0.2, -0.15) is 0 Å². The Morgan fingerprint density at radius 1 is 0.941 bits per heavy atom. The van der Waals surface area contributed by atoms with Crippen molar-refractivity contribution in [3.8, 4) is 0 Å². The van der Waals surface area contributed by atoms with Crippen molar-refractivity contribution in [3.05, 3.63) is 54.6 Å². The first-order chi connectivity index (χ1) is 8.27. The smallest absolute Gasteiger partial charge is 0.0526 e. The van der Waals surface area contributed by atoms with Crippen molar-refractivity contribution in [2.45, 2.75) is 0 Å². The molecule has 0 aromatic heterocycles. The van der Waals surface area contributed by atoms with Crippen molar-refractivity contribution in [3.63, 3.8) is 0 Å². The average molecular weight is 220 g/mol. The molecule has 0 spiro atoms. The molecule has 17 heavy (non-hydrogen) atoms. The lowest BCUT2D eigenvalue weighted by molar-refractivity contribution is 1.15. The Bertz CT molecular complexity index is 629. The van der Waals surface area contributed by atoms with Gasteiger partial charge in [0.05, 0.1) is 5.69 Å². The van der Waals surface area contributed by atoms with Crippen LogP contribution < -0.4 is 4.90 Å². The van der Waals surface area contributed by atoms with Gasteiger partial charge >= 0.3 is 0 Å². The number of nitrogens with zero attached hydrogens (tertiary/aromatic N) is 1. The van der Waals surface area contributed by atoms with E-state index < -0.39 is 0 Å². The Morgan fingerprint density at radius 3 is 2.53 bits per heavy atom. The lowest BCUT2D eigenvalue weighted by Gasteiger charge is -2.18. The van der Waals surface area contributed by atoms with Gasteiger partial charge in [-0.05, 0) is 22.9 Å². The molecule has 3 aromatic carbocycles. The van der Waals surface area contributed by atoms with Crippen molar-refractivity contribution in [1.29, 1.82) is 0 Å². The summed E-state index contributed by atoms with van der Waals surface area (Å²) in [6.45, 7) is 0. The Balaban J connectivity index is 2.56. The van der Waals surface area contributed by atoms with Crippen LogP contribution in [-0.2, 0) is 0 Å². The van der Waals surface area contributed by atoms with Crippen molar-refractivity contribution < 1.29 is 0 Å². The van der Waals surface area contributed by atoms with Gasteiger partial charge in [-0.15, -0.1) is 0 Å². The first-order valence-electron chi connectivity index (χ1n) is 5.77. The Labute approximate surface area is 101 Å². The van der Waals surface area contributed by atoms with E-state index in [0.717, 1.165) is 0 Å². The summed E-state index contributed by atoms with van der Waals surface area (Å²) >= 11 is 0. The van der Waals surface area contributed by atoms with E-state index in [0.29, 0.717) is 0 Å². The highest BCUT2D eigenvalue weighted by molar-refractivity contribution is 6.10. The van der Waals surface area contributed by atoms with Gasteiger partial charge in [-0.3, -0.25) is 0 Å². The summed E-state index contributed by atoms with van der Waals surface area (Å²) in [5.74, 6) is 0. The molecule has 1 nitrogen and oxygen atoms in total. The molecule has 1 radical (unpaired) electrons. The van der Waals surface area contributed by atoms with Crippen LogP contribution in [0.5, 0.6) is 0 Å². The molecule has 0 atom stereocenters. The molecule has 0 aliphatic heterocycles. The normalized spacial score (nSPS) is 10.9. The number of hydrogen-bond acceptors (Lipinski definition) is 1. The van der Waals surface area contributed by atoms with Crippen LogP contribution >= 0.6 is 0 Å². The number of fused-ring (bicyclic) bond motifs is 2. The Hall–Kier alpha value is -2.02. The molecule has 0 saturated heterocycles. The molecule has 0 bridgehead atoms. The monoisotopic (exact) mass is 220 g/mol. The summed E-state index contributed by atoms with van der Waals surface area (Å²) in [6.07, 6.45) is 0. The van der Waals surface area contributed by atoms with Gasteiger partial charge in [0.15, 0.2) is 0 Å². The van der Waals surface area contributed by atoms with Crippen LogP contribution in [0.25, 0.3) is 21.5 Å². The SMILES string of the molecule is CN(C)c1c2[c]cccc2cc2ccccc12. The lowest BCUT2D eigenvalue weighted by atomic mass is 10.0.